The fourth-order valence-electron chi connectivity index (χ4n) is 3.29. The van der Waals surface area contributed by atoms with Crippen LogP contribution in [0, 0.1) is 0 Å². The molecule has 0 unspecified atom stereocenters. The molecule has 26 heavy (non-hydrogen) atoms. The Balaban J connectivity index is 1.44. The van der Waals surface area contributed by atoms with Crippen LogP contribution in [0.25, 0.3) is 0 Å². The quantitative estimate of drug-likeness (QED) is 0.847. The first-order chi connectivity index (χ1) is 12.6. The summed E-state index contributed by atoms with van der Waals surface area (Å²) in [6, 6.07) is 18.0. The molecule has 2 aromatic carbocycles. The number of carbonyl (C=O) groups is 1. The number of hydrogen-bond acceptors (Lipinski definition) is 3. The number of halogens is 1. The summed E-state index contributed by atoms with van der Waals surface area (Å²) in [7, 11) is 0. The van der Waals surface area contributed by atoms with Crippen molar-refractivity contribution in [3.05, 3.63) is 70.7 Å². The molecule has 0 radical (unpaired) electrons. The Labute approximate surface area is 160 Å². The van der Waals surface area contributed by atoms with Crippen molar-refractivity contribution in [2.45, 2.75) is 26.1 Å². The lowest BCUT2D eigenvalue weighted by Crippen LogP contribution is -2.53. The van der Waals surface area contributed by atoms with E-state index in [1.165, 1.54) is 5.56 Å². The van der Waals surface area contributed by atoms with Crippen LogP contribution < -0.4 is 5.32 Å². The van der Waals surface area contributed by atoms with Crippen molar-refractivity contribution >= 4 is 17.5 Å². The van der Waals surface area contributed by atoms with Gasteiger partial charge in [-0.1, -0.05) is 60.1 Å². The van der Waals surface area contributed by atoms with E-state index in [9.17, 15) is 4.79 Å². The average molecular weight is 372 g/mol. The maximum Gasteiger partial charge on any atom is 0.237 e. The van der Waals surface area contributed by atoms with E-state index in [2.05, 4.69) is 39.4 Å². The monoisotopic (exact) mass is 371 g/mol. The number of rotatable bonds is 6. The van der Waals surface area contributed by atoms with Gasteiger partial charge >= 0.3 is 0 Å². The molecule has 1 atom stereocenters. The van der Waals surface area contributed by atoms with E-state index in [0.717, 1.165) is 38.3 Å². The van der Waals surface area contributed by atoms with Crippen molar-refractivity contribution in [1.29, 1.82) is 0 Å². The Morgan fingerprint density at radius 2 is 1.69 bits per heavy atom. The highest BCUT2D eigenvalue weighted by atomic mass is 35.5. The number of nitrogens with zero attached hydrogens (tertiary/aromatic N) is 2. The maximum absolute atomic E-state index is 12.5. The number of carbonyl (C=O) groups excluding carboxylic acids is 1. The van der Waals surface area contributed by atoms with E-state index in [1.807, 2.05) is 37.3 Å². The first-order valence-corrected chi connectivity index (χ1v) is 9.53. The highest BCUT2D eigenvalue weighted by Crippen LogP contribution is 2.15. The number of hydrogen-bond donors (Lipinski definition) is 1. The SMILES string of the molecule is C[C@H](C(=O)NCc1ccccc1Cl)N1CCN(Cc2ccccc2)CC1. The first-order valence-electron chi connectivity index (χ1n) is 9.15. The number of nitrogens with one attached hydrogen (secondary N) is 1. The van der Waals surface area contributed by atoms with Crippen LogP contribution in [-0.4, -0.2) is 47.9 Å². The first kappa shape index (κ1) is 18.9. The van der Waals surface area contributed by atoms with Crippen molar-refractivity contribution in [3.8, 4) is 0 Å². The fraction of sp³-hybridized carbons (Fsp3) is 0.381. The molecule has 2 aromatic rings. The van der Waals surface area contributed by atoms with Gasteiger partial charge in [-0.3, -0.25) is 14.6 Å². The second kappa shape index (κ2) is 9.17. The van der Waals surface area contributed by atoms with Crippen molar-refractivity contribution in [2.24, 2.45) is 0 Å². The molecule has 0 spiro atoms. The Hall–Kier alpha value is -1.88. The summed E-state index contributed by atoms with van der Waals surface area (Å²) >= 11 is 6.15. The number of benzene rings is 2. The second-order valence-corrected chi connectivity index (χ2v) is 7.19. The predicted molar refractivity (Wildman–Crippen MR) is 106 cm³/mol. The molecule has 0 bridgehead atoms. The normalized spacial score (nSPS) is 17.0. The molecule has 1 N–H and O–H groups in total. The van der Waals surface area contributed by atoms with E-state index in [0.29, 0.717) is 11.6 Å². The van der Waals surface area contributed by atoms with Crippen LogP contribution in [0.15, 0.2) is 54.6 Å². The lowest BCUT2D eigenvalue weighted by atomic mass is 10.1. The van der Waals surface area contributed by atoms with E-state index < -0.39 is 0 Å². The third-order valence-electron chi connectivity index (χ3n) is 4.99. The third-order valence-corrected chi connectivity index (χ3v) is 5.36. The molecular weight excluding hydrogens is 346 g/mol. The summed E-state index contributed by atoms with van der Waals surface area (Å²) in [4.78, 5) is 17.2. The molecule has 1 aliphatic heterocycles. The average Bonchev–Trinajstić information content (AvgIpc) is 2.68. The summed E-state index contributed by atoms with van der Waals surface area (Å²) in [5.74, 6) is 0.0569. The van der Waals surface area contributed by atoms with Gasteiger partial charge in [0, 0.05) is 44.3 Å². The van der Waals surface area contributed by atoms with Gasteiger partial charge in [-0.05, 0) is 24.1 Å². The summed E-state index contributed by atoms with van der Waals surface area (Å²) in [6.45, 7) is 7.21. The van der Waals surface area contributed by atoms with Crippen LogP contribution >= 0.6 is 11.6 Å². The van der Waals surface area contributed by atoms with E-state index in [-0.39, 0.29) is 11.9 Å². The Bertz CT molecular complexity index is 714. The third kappa shape index (κ3) is 5.07. The molecule has 138 valence electrons. The van der Waals surface area contributed by atoms with Gasteiger partial charge in [-0.15, -0.1) is 0 Å². The van der Waals surface area contributed by atoms with Crippen LogP contribution in [0.2, 0.25) is 5.02 Å². The smallest absolute Gasteiger partial charge is 0.237 e. The highest BCUT2D eigenvalue weighted by molar-refractivity contribution is 6.31. The minimum absolute atomic E-state index is 0.0569. The number of amides is 1. The summed E-state index contributed by atoms with van der Waals surface area (Å²) in [5.41, 5.74) is 2.29. The molecule has 0 aliphatic carbocycles. The lowest BCUT2D eigenvalue weighted by Gasteiger charge is -2.37. The Morgan fingerprint density at radius 1 is 1.04 bits per heavy atom. The second-order valence-electron chi connectivity index (χ2n) is 6.78. The molecule has 4 nitrogen and oxygen atoms in total. The van der Waals surface area contributed by atoms with Gasteiger partial charge in [0.05, 0.1) is 6.04 Å². The van der Waals surface area contributed by atoms with E-state index >= 15 is 0 Å². The van der Waals surface area contributed by atoms with Crippen molar-refractivity contribution in [2.75, 3.05) is 26.2 Å². The largest absolute Gasteiger partial charge is 0.351 e. The van der Waals surface area contributed by atoms with Gasteiger partial charge < -0.3 is 5.32 Å². The molecular formula is C21H26ClN3O. The summed E-state index contributed by atoms with van der Waals surface area (Å²) in [5, 5.41) is 3.70. The minimum atomic E-state index is -0.128. The van der Waals surface area contributed by atoms with E-state index in [4.69, 9.17) is 11.6 Å². The molecule has 1 fully saturated rings. The molecule has 1 saturated heterocycles. The van der Waals surface area contributed by atoms with Gasteiger partial charge in [0.2, 0.25) is 5.91 Å². The molecule has 0 saturated carbocycles. The van der Waals surface area contributed by atoms with Gasteiger partial charge in [-0.2, -0.15) is 0 Å². The predicted octanol–water partition coefficient (Wildman–Crippen LogP) is 3.16. The van der Waals surface area contributed by atoms with Crippen LogP contribution in [0.3, 0.4) is 0 Å². The van der Waals surface area contributed by atoms with Crippen LogP contribution in [0.1, 0.15) is 18.1 Å². The highest BCUT2D eigenvalue weighted by Gasteiger charge is 2.25. The van der Waals surface area contributed by atoms with Gasteiger partial charge in [-0.25, -0.2) is 0 Å². The zero-order valence-corrected chi connectivity index (χ0v) is 16.0. The molecule has 1 heterocycles. The minimum Gasteiger partial charge on any atom is -0.351 e. The number of piperazine rings is 1. The zero-order chi connectivity index (χ0) is 18.4. The molecule has 3 rings (SSSR count). The summed E-state index contributed by atoms with van der Waals surface area (Å²) in [6.07, 6.45) is 0. The molecule has 5 heteroatoms. The fourth-order valence-corrected chi connectivity index (χ4v) is 3.49. The standard InChI is InChI=1S/C21H26ClN3O/c1-17(21(26)23-15-19-9-5-6-10-20(19)22)25-13-11-24(12-14-25)16-18-7-3-2-4-8-18/h2-10,17H,11-16H2,1H3,(H,23,26)/t17-/m1/s1. The molecule has 0 aromatic heterocycles. The van der Waals surface area contributed by atoms with Crippen molar-refractivity contribution in [1.82, 2.24) is 15.1 Å². The van der Waals surface area contributed by atoms with E-state index in [1.54, 1.807) is 0 Å². The summed E-state index contributed by atoms with van der Waals surface area (Å²) < 4.78 is 0. The van der Waals surface area contributed by atoms with Gasteiger partial charge in [0.1, 0.15) is 0 Å². The lowest BCUT2D eigenvalue weighted by molar-refractivity contribution is -0.126. The van der Waals surface area contributed by atoms with Gasteiger partial charge in [0.15, 0.2) is 0 Å². The van der Waals surface area contributed by atoms with Crippen LogP contribution in [0.4, 0.5) is 0 Å². The Kier molecular flexibility index (Phi) is 6.67. The van der Waals surface area contributed by atoms with Gasteiger partial charge in [0.25, 0.3) is 0 Å². The van der Waals surface area contributed by atoms with Crippen LogP contribution in [0.5, 0.6) is 0 Å². The molecule has 1 aliphatic rings. The molecule has 1 amide bonds. The topological polar surface area (TPSA) is 35.6 Å². The van der Waals surface area contributed by atoms with Crippen molar-refractivity contribution in [3.63, 3.8) is 0 Å². The van der Waals surface area contributed by atoms with Crippen LogP contribution in [-0.2, 0) is 17.9 Å². The zero-order valence-electron chi connectivity index (χ0n) is 15.2. The maximum atomic E-state index is 12.5. The Morgan fingerprint density at radius 3 is 2.38 bits per heavy atom. The van der Waals surface area contributed by atoms with Crippen molar-refractivity contribution < 1.29 is 4.79 Å².